The summed E-state index contributed by atoms with van der Waals surface area (Å²) in [4.78, 5) is 12.3. The predicted molar refractivity (Wildman–Crippen MR) is 86.6 cm³/mol. The lowest BCUT2D eigenvalue weighted by Gasteiger charge is -2.37. The van der Waals surface area contributed by atoms with Gasteiger partial charge in [-0.15, -0.1) is 0 Å². The number of alkyl halides is 1. The molecule has 0 aromatic rings. The number of unbranched alkanes of at least 4 members (excludes halogenated alkanes) is 2. The van der Waals surface area contributed by atoms with E-state index >= 15 is 0 Å². The summed E-state index contributed by atoms with van der Waals surface area (Å²) in [6.45, 7) is 7.01. The maximum Gasteiger partial charge on any atom is 0.190 e. The highest BCUT2D eigenvalue weighted by Gasteiger charge is 2.60. The summed E-state index contributed by atoms with van der Waals surface area (Å²) in [5, 5.41) is 0. The van der Waals surface area contributed by atoms with Crippen LogP contribution in [0.3, 0.4) is 0 Å². The van der Waals surface area contributed by atoms with Crippen LogP contribution in [-0.2, 0) is 28.5 Å². The van der Waals surface area contributed by atoms with Gasteiger partial charge in [-0.3, -0.25) is 9.18 Å². The lowest BCUT2D eigenvalue weighted by molar-refractivity contribution is -0.234. The number of fused-ring (bicyclic) bond motifs is 3. The molecule has 0 amide bonds. The van der Waals surface area contributed by atoms with Crippen molar-refractivity contribution in [2.24, 2.45) is 0 Å². The molecule has 0 unspecified atom stereocenters. The van der Waals surface area contributed by atoms with E-state index in [1.165, 1.54) is 0 Å². The molecule has 25 heavy (non-hydrogen) atoms. The second-order valence-electron chi connectivity index (χ2n) is 7.95. The molecule has 0 radical (unpaired) electrons. The fraction of sp³-hybridized carbons (Fsp3) is 0.944. The van der Waals surface area contributed by atoms with E-state index in [-0.39, 0.29) is 37.2 Å². The van der Waals surface area contributed by atoms with Crippen molar-refractivity contribution < 1.29 is 32.9 Å². The van der Waals surface area contributed by atoms with Gasteiger partial charge in [0.25, 0.3) is 0 Å². The van der Waals surface area contributed by atoms with Gasteiger partial charge in [-0.1, -0.05) is 6.42 Å². The molecule has 0 aliphatic carbocycles. The third kappa shape index (κ3) is 4.39. The third-order valence-corrected chi connectivity index (χ3v) is 4.77. The summed E-state index contributed by atoms with van der Waals surface area (Å²) in [7, 11) is 0. The second kappa shape index (κ2) is 7.19. The minimum absolute atomic E-state index is 0.0903. The standard InChI is InChI=1S/C18H29FO6/c1-17(2)22-13-12(10-11(20)8-6-5-7-9-19)21-16-15(14(13)23-17)24-18(3,4)25-16/h12-16H,5-10H2,1-4H3/t12-,13+,14+,15-,16-/m1/s1/i19-1. The molecule has 3 rings (SSSR count). The highest BCUT2D eigenvalue weighted by atomic mass is 18.2. The molecule has 0 bridgehead atoms. The normalized spacial score (nSPS) is 38.4. The maximum atomic E-state index is 12.3. The van der Waals surface area contributed by atoms with Crippen molar-refractivity contribution in [2.75, 3.05) is 6.67 Å². The van der Waals surface area contributed by atoms with E-state index in [2.05, 4.69) is 0 Å². The van der Waals surface area contributed by atoms with Crippen LogP contribution < -0.4 is 0 Å². The summed E-state index contributed by atoms with van der Waals surface area (Å²) in [6.07, 6.45) is 0.515. The molecular formula is C18H29FO6. The molecule has 0 spiro atoms. The number of carbonyl (C=O) groups is 1. The van der Waals surface area contributed by atoms with Gasteiger partial charge < -0.3 is 23.7 Å². The molecule has 3 heterocycles. The zero-order valence-electron chi connectivity index (χ0n) is 15.5. The van der Waals surface area contributed by atoms with Gasteiger partial charge in [0.15, 0.2) is 17.9 Å². The Balaban J connectivity index is 1.64. The van der Waals surface area contributed by atoms with Crippen molar-refractivity contribution in [3.63, 3.8) is 0 Å². The van der Waals surface area contributed by atoms with Crippen molar-refractivity contribution in [1.29, 1.82) is 0 Å². The summed E-state index contributed by atoms with van der Waals surface area (Å²) in [6, 6.07) is 0. The predicted octanol–water partition coefficient (Wildman–Crippen LogP) is 2.87. The molecule has 0 N–H and O–H groups in total. The highest BCUT2D eigenvalue weighted by Crippen LogP contribution is 2.44. The molecule has 3 aliphatic rings. The molecule has 3 fully saturated rings. The average Bonchev–Trinajstić information content (AvgIpc) is 2.98. The molecule has 0 aromatic heterocycles. The fourth-order valence-electron chi connectivity index (χ4n) is 3.78. The van der Waals surface area contributed by atoms with Crippen LogP contribution in [-0.4, -0.2) is 54.7 Å². The lowest BCUT2D eigenvalue weighted by Crippen LogP contribution is -2.55. The quantitative estimate of drug-likeness (QED) is 0.652. The van der Waals surface area contributed by atoms with Crippen LogP contribution in [0.25, 0.3) is 0 Å². The van der Waals surface area contributed by atoms with Crippen LogP contribution in [0.15, 0.2) is 0 Å². The molecule has 7 heteroatoms. The Morgan fingerprint density at radius 2 is 1.52 bits per heavy atom. The van der Waals surface area contributed by atoms with Gasteiger partial charge in [-0.2, -0.15) is 0 Å². The zero-order valence-corrected chi connectivity index (χ0v) is 15.5. The van der Waals surface area contributed by atoms with E-state index in [9.17, 15) is 9.18 Å². The van der Waals surface area contributed by atoms with Gasteiger partial charge >= 0.3 is 0 Å². The first-order valence-electron chi connectivity index (χ1n) is 9.15. The molecule has 0 aromatic carbocycles. The second-order valence-corrected chi connectivity index (χ2v) is 7.95. The SMILES string of the molecule is CC1(C)O[C@H]2[C@@H](O1)[C@@H](CC(=O)CCCCC[18F])O[C@@H]1OC(C)(C)O[C@@H]12. The first-order valence-corrected chi connectivity index (χ1v) is 9.15. The fourth-order valence-corrected chi connectivity index (χ4v) is 3.78. The van der Waals surface area contributed by atoms with E-state index < -0.39 is 24.0 Å². The summed E-state index contributed by atoms with van der Waals surface area (Å²) in [5.74, 6) is -1.43. The van der Waals surface area contributed by atoms with Gasteiger partial charge in [0, 0.05) is 12.8 Å². The summed E-state index contributed by atoms with van der Waals surface area (Å²) < 4.78 is 41.9. The van der Waals surface area contributed by atoms with E-state index in [1.807, 2.05) is 27.7 Å². The van der Waals surface area contributed by atoms with E-state index in [4.69, 9.17) is 23.7 Å². The van der Waals surface area contributed by atoms with Crippen LogP contribution >= 0.6 is 0 Å². The van der Waals surface area contributed by atoms with Crippen LogP contribution in [0.1, 0.15) is 59.8 Å². The van der Waals surface area contributed by atoms with E-state index in [0.717, 1.165) is 6.42 Å². The van der Waals surface area contributed by atoms with Crippen molar-refractivity contribution >= 4 is 5.78 Å². The molecule has 144 valence electrons. The van der Waals surface area contributed by atoms with Crippen molar-refractivity contribution in [1.82, 2.24) is 0 Å². The highest BCUT2D eigenvalue weighted by molar-refractivity contribution is 5.79. The Bertz CT molecular complexity index is 494. The molecule has 3 aliphatic heterocycles. The minimum atomic E-state index is -0.763. The van der Waals surface area contributed by atoms with Crippen LogP contribution in [0.2, 0.25) is 0 Å². The summed E-state index contributed by atoms with van der Waals surface area (Å²) in [5.41, 5.74) is 0. The average molecular weight is 359 g/mol. The molecule has 3 saturated heterocycles. The van der Waals surface area contributed by atoms with Gasteiger partial charge in [-0.25, -0.2) is 0 Å². The number of Topliss-reactive ketones (excluding diaryl/α,β-unsaturated/α-hetero) is 1. The number of hydrogen-bond donors (Lipinski definition) is 0. The van der Waals surface area contributed by atoms with Crippen molar-refractivity contribution in [3.05, 3.63) is 0 Å². The number of halogens is 1. The molecular weight excluding hydrogens is 330 g/mol. The Hall–Kier alpha value is -0.600. The number of ether oxygens (including phenoxy) is 5. The topological polar surface area (TPSA) is 63.2 Å². The van der Waals surface area contributed by atoms with E-state index in [0.29, 0.717) is 19.3 Å². The van der Waals surface area contributed by atoms with Crippen LogP contribution in [0, 0.1) is 0 Å². The number of hydrogen-bond acceptors (Lipinski definition) is 6. The first-order chi connectivity index (χ1) is 11.7. The van der Waals surface area contributed by atoms with E-state index in [1.54, 1.807) is 0 Å². The number of rotatable bonds is 7. The Morgan fingerprint density at radius 3 is 2.24 bits per heavy atom. The number of carbonyl (C=O) groups excluding carboxylic acids is 1. The largest absolute Gasteiger partial charge is 0.343 e. The van der Waals surface area contributed by atoms with Crippen molar-refractivity contribution in [2.45, 2.75) is 102 Å². The first kappa shape index (κ1) is 19.2. The van der Waals surface area contributed by atoms with Gasteiger partial charge in [0.1, 0.15) is 24.1 Å². The van der Waals surface area contributed by atoms with Crippen LogP contribution in [0.5, 0.6) is 0 Å². The summed E-state index contributed by atoms with van der Waals surface area (Å²) >= 11 is 0. The Kier molecular flexibility index (Phi) is 5.52. The van der Waals surface area contributed by atoms with Gasteiger partial charge in [0.05, 0.1) is 12.8 Å². The molecule has 0 saturated carbocycles. The van der Waals surface area contributed by atoms with Gasteiger partial charge in [0.2, 0.25) is 0 Å². The third-order valence-electron chi connectivity index (χ3n) is 4.77. The minimum Gasteiger partial charge on any atom is -0.343 e. The zero-order chi connectivity index (χ0) is 18.2. The number of ketones is 1. The van der Waals surface area contributed by atoms with Crippen LogP contribution in [0.4, 0.5) is 4.39 Å². The van der Waals surface area contributed by atoms with Crippen molar-refractivity contribution in [3.8, 4) is 0 Å². The maximum absolute atomic E-state index is 12.3. The molecule has 6 nitrogen and oxygen atoms in total. The smallest absolute Gasteiger partial charge is 0.190 e. The molecule has 5 atom stereocenters. The Morgan fingerprint density at radius 1 is 0.880 bits per heavy atom. The lowest BCUT2D eigenvalue weighted by atomic mass is 9.94. The monoisotopic (exact) mass is 359 g/mol. The van der Waals surface area contributed by atoms with Gasteiger partial charge in [-0.05, 0) is 40.5 Å². The Labute approximate surface area is 148 Å².